The molecule has 0 saturated carbocycles. The van der Waals surface area contributed by atoms with Gasteiger partial charge in [-0.15, -0.1) is 24.0 Å². The van der Waals surface area contributed by atoms with E-state index < -0.39 is 11.6 Å². The van der Waals surface area contributed by atoms with Gasteiger partial charge in [-0.3, -0.25) is 4.99 Å². The molecule has 0 fully saturated rings. The first-order valence-corrected chi connectivity index (χ1v) is 8.69. The van der Waals surface area contributed by atoms with Gasteiger partial charge in [-0.05, 0) is 44.5 Å². The number of likely N-dealkylation sites (N-methyl/N-ethyl adjacent to an activating group) is 1. The molecule has 1 aromatic carbocycles. The minimum Gasteiger partial charge on any atom is -0.385 e. The lowest BCUT2D eigenvalue weighted by molar-refractivity contribution is 0.180. The summed E-state index contributed by atoms with van der Waals surface area (Å²) >= 11 is 0. The van der Waals surface area contributed by atoms with Crippen LogP contribution in [0.4, 0.5) is 8.78 Å². The SMILES string of the molecule is CCNC(=NCCN(C)CCCOC)NCCc1cc(F)cc(F)c1.I. The van der Waals surface area contributed by atoms with E-state index in [0.29, 0.717) is 31.0 Å². The Morgan fingerprint density at radius 1 is 1.15 bits per heavy atom. The van der Waals surface area contributed by atoms with E-state index in [1.807, 2.05) is 6.92 Å². The van der Waals surface area contributed by atoms with Crippen molar-refractivity contribution in [1.82, 2.24) is 15.5 Å². The zero-order chi connectivity index (χ0) is 18.5. The number of benzene rings is 1. The summed E-state index contributed by atoms with van der Waals surface area (Å²) in [5.74, 6) is -0.385. The van der Waals surface area contributed by atoms with Crippen LogP contribution in [0.5, 0.6) is 0 Å². The number of methoxy groups -OCH3 is 1. The lowest BCUT2D eigenvalue weighted by Gasteiger charge is -2.16. The third-order valence-corrected chi connectivity index (χ3v) is 3.61. The Morgan fingerprint density at radius 2 is 1.85 bits per heavy atom. The van der Waals surface area contributed by atoms with E-state index in [4.69, 9.17) is 4.74 Å². The van der Waals surface area contributed by atoms with Crippen molar-refractivity contribution in [2.75, 3.05) is 53.5 Å². The summed E-state index contributed by atoms with van der Waals surface area (Å²) in [7, 11) is 3.76. The number of ether oxygens (including phenoxy) is 1. The first kappa shape index (κ1) is 25.0. The van der Waals surface area contributed by atoms with Crippen LogP contribution >= 0.6 is 24.0 Å². The maximum atomic E-state index is 13.2. The number of hydrogen-bond donors (Lipinski definition) is 2. The summed E-state index contributed by atoms with van der Waals surface area (Å²) in [4.78, 5) is 6.73. The second-order valence-corrected chi connectivity index (χ2v) is 5.86. The fourth-order valence-corrected chi connectivity index (χ4v) is 2.35. The first-order chi connectivity index (χ1) is 12.0. The van der Waals surface area contributed by atoms with E-state index in [-0.39, 0.29) is 24.0 Å². The molecule has 0 heterocycles. The van der Waals surface area contributed by atoms with Crippen LogP contribution in [0, 0.1) is 11.6 Å². The van der Waals surface area contributed by atoms with Gasteiger partial charge in [0.25, 0.3) is 0 Å². The highest BCUT2D eigenvalue weighted by molar-refractivity contribution is 14.0. The molecule has 0 aromatic heterocycles. The van der Waals surface area contributed by atoms with Crippen molar-refractivity contribution >= 4 is 29.9 Å². The number of hydrogen-bond acceptors (Lipinski definition) is 3. The van der Waals surface area contributed by atoms with E-state index >= 15 is 0 Å². The largest absolute Gasteiger partial charge is 0.385 e. The second-order valence-electron chi connectivity index (χ2n) is 5.86. The third kappa shape index (κ3) is 11.6. The molecule has 0 atom stereocenters. The van der Waals surface area contributed by atoms with Crippen LogP contribution in [0.3, 0.4) is 0 Å². The maximum Gasteiger partial charge on any atom is 0.191 e. The molecule has 5 nitrogen and oxygen atoms in total. The van der Waals surface area contributed by atoms with Crippen LogP contribution in [0.2, 0.25) is 0 Å². The predicted molar refractivity (Wildman–Crippen MR) is 113 cm³/mol. The van der Waals surface area contributed by atoms with Crippen molar-refractivity contribution in [3.63, 3.8) is 0 Å². The van der Waals surface area contributed by atoms with Crippen molar-refractivity contribution in [2.45, 2.75) is 19.8 Å². The zero-order valence-corrected chi connectivity index (χ0v) is 18.2. The smallest absolute Gasteiger partial charge is 0.191 e. The van der Waals surface area contributed by atoms with Crippen LogP contribution in [0.1, 0.15) is 18.9 Å². The molecule has 0 spiro atoms. The number of halogens is 3. The molecule has 0 amide bonds. The molecule has 0 unspecified atom stereocenters. The van der Waals surface area contributed by atoms with E-state index in [1.54, 1.807) is 7.11 Å². The fraction of sp³-hybridized carbons (Fsp3) is 0.611. The normalized spacial score (nSPS) is 11.4. The predicted octanol–water partition coefficient (Wildman–Crippen LogP) is 2.65. The lowest BCUT2D eigenvalue weighted by atomic mass is 10.1. The van der Waals surface area contributed by atoms with Gasteiger partial charge in [0.2, 0.25) is 0 Å². The van der Waals surface area contributed by atoms with Crippen molar-refractivity contribution in [2.24, 2.45) is 4.99 Å². The average Bonchev–Trinajstić information content (AvgIpc) is 2.54. The molecule has 0 saturated heterocycles. The number of nitrogens with one attached hydrogen (secondary N) is 2. The Hall–Kier alpha value is -1.00. The molecular formula is C18H31F2IN4O. The molecule has 0 aliphatic carbocycles. The molecule has 1 rings (SSSR count). The summed E-state index contributed by atoms with van der Waals surface area (Å²) in [5, 5.41) is 6.36. The van der Waals surface area contributed by atoms with E-state index in [1.165, 1.54) is 12.1 Å². The second kappa shape index (κ2) is 15.1. The van der Waals surface area contributed by atoms with Crippen LogP contribution in [0.15, 0.2) is 23.2 Å². The fourth-order valence-electron chi connectivity index (χ4n) is 2.35. The molecule has 2 N–H and O–H groups in total. The van der Waals surface area contributed by atoms with Crippen molar-refractivity contribution in [3.05, 3.63) is 35.4 Å². The van der Waals surface area contributed by atoms with E-state index in [9.17, 15) is 8.78 Å². The minimum atomic E-state index is -0.549. The summed E-state index contributed by atoms with van der Waals surface area (Å²) in [5.41, 5.74) is 0.624. The summed E-state index contributed by atoms with van der Waals surface area (Å²) < 4.78 is 31.4. The molecule has 26 heavy (non-hydrogen) atoms. The highest BCUT2D eigenvalue weighted by Crippen LogP contribution is 2.08. The first-order valence-electron chi connectivity index (χ1n) is 8.69. The molecule has 8 heteroatoms. The van der Waals surface area contributed by atoms with Crippen LogP contribution in [-0.4, -0.2) is 64.3 Å². The Balaban J connectivity index is 0.00000625. The minimum absolute atomic E-state index is 0. The molecule has 0 bridgehead atoms. The van der Waals surface area contributed by atoms with Crippen LogP contribution in [0.25, 0.3) is 0 Å². The maximum absolute atomic E-state index is 13.2. The van der Waals surface area contributed by atoms with Crippen LogP contribution in [-0.2, 0) is 11.2 Å². The van der Waals surface area contributed by atoms with Gasteiger partial charge in [0, 0.05) is 46.0 Å². The number of guanidine groups is 1. The van der Waals surface area contributed by atoms with Gasteiger partial charge < -0.3 is 20.3 Å². The summed E-state index contributed by atoms with van der Waals surface area (Å²) in [6, 6.07) is 3.58. The molecule has 0 radical (unpaired) electrons. The van der Waals surface area contributed by atoms with Crippen molar-refractivity contribution < 1.29 is 13.5 Å². The highest BCUT2D eigenvalue weighted by Gasteiger charge is 2.02. The van der Waals surface area contributed by atoms with E-state index in [0.717, 1.165) is 38.7 Å². The molecule has 150 valence electrons. The number of aliphatic imine (C=N–C) groups is 1. The summed E-state index contributed by atoms with van der Waals surface area (Å²) in [6.45, 7) is 6.57. The van der Waals surface area contributed by atoms with Crippen LogP contribution < -0.4 is 10.6 Å². The molecule has 1 aromatic rings. The third-order valence-electron chi connectivity index (χ3n) is 3.61. The van der Waals surface area contributed by atoms with Gasteiger partial charge >= 0.3 is 0 Å². The Bertz CT molecular complexity index is 512. The van der Waals surface area contributed by atoms with Gasteiger partial charge in [-0.2, -0.15) is 0 Å². The number of rotatable bonds is 11. The molecule has 0 aliphatic rings. The van der Waals surface area contributed by atoms with Crippen molar-refractivity contribution in [3.8, 4) is 0 Å². The Labute approximate surface area is 172 Å². The van der Waals surface area contributed by atoms with Crippen molar-refractivity contribution in [1.29, 1.82) is 0 Å². The van der Waals surface area contributed by atoms with Gasteiger partial charge in [0.1, 0.15) is 11.6 Å². The van der Waals surface area contributed by atoms with Gasteiger partial charge in [-0.25, -0.2) is 8.78 Å². The highest BCUT2D eigenvalue weighted by atomic mass is 127. The quantitative estimate of drug-likeness (QED) is 0.220. The standard InChI is InChI=1S/C18H30F2N4O.HI/c1-4-21-18(23-8-10-24(2)9-5-11-25-3)22-7-6-15-12-16(19)14-17(20)13-15;/h12-14H,4-11H2,1-3H3,(H2,21,22,23);1H. The molecule has 0 aliphatic heterocycles. The lowest BCUT2D eigenvalue weighted by Crippen LogP contribution is -2.39. The van der Waals surface area contributed by atoms with Gasteiger partial charge in [-0.1, -0.05) is 0 Å². The molecular weight excluding hydrogens is 453 g/mol. The monoisotopic (exact) mass is 484 g/mol. The average molecular weight is 484 g/mol. The Kier molecular flexibility index (Phi) is 14.5. The van der Waals surface area contributed by atoms with Gasteiger partial charge in [0.15, 0.2) is 5.96 Å². The topological polar surface area (TPSA) is 48.9 Å². The van der Waals surface area contributed by atoms with E-state index in [2.05, 4.69) is 27.6 Å². The number of nitrogens with zero attached hydrogens (tertiary/aromatic N) is 2. The van der Waals surface area contributed by atoms with Gasteiger partial charge in [0.05, 0.1) is 6.54 Å². The zero-order valence-electron chi connectivity index (χ0n) is 15.9. The Morgan fingerprint density at radius 3 is 2.46 bits per heavy atom. The summed E-state index contributed by atoms with van der Waals surface area (Å²) in [6.07, 6.45) is 1.52.